The lowest BCUT2D eigenvalue weighted by Crippen LogP contribution is -1.94. The van der Waals surface area contributed by atoms with E-state index in [0.29, 0.717) is 17.1 Å². The van der Waals surface area contributed by atoms with E-state index in [1.807, 2.05) is 36.4 Å². The molecule has 0 bridgehead atoms. The van der Waals surface area contributed by atoms with E-state index in [9.17, 15) is 0 Å². The smallest absolute Gasteiger partial charge is 0.183 e. The van der Waals surface area contributed by atoms with Crippen molar-refractivity contribution in [3.63, 3.8) is 0 Å². The van der Waals surface area contributed by atoms with Crippen LogP contribution >= 0.6 is 0 Å². The zero-order valence-corrected chi connectivity index (χ0v) is 13.5. The predicted molar refractivity (Wildman–Crippen MR) is 92.0 cm³/mol. The van der Waals surface area contributed by atoms with Gasteiger partial charge in [0.25, 0.3) is 0 Å². The Kier molecular flexibility index (Phi) is 3.30. The summed E-state index contributed by atoms with van der Waals surface area (Å²) in [6.07, 6.45) is 0. The summed E-state index contributed by atoms with van der Waals surface area (Å²) >= 11 is 0. The topological polar surface area (TPSA) is 66.4 Å². The van der Waals surface area contributed by atoms with E-state index in [1.54, 1.807) is 21.3 Å². The highest BCUT2D eigenvalue weighted by atomic mass is 16.5. The summed E-state index contributed by atoms with van der Waals surface area (Å²) in [5, 5.41) is 11.4. The van der Waals surface area contributed by atoms with E-state index >= 15 is 0 Å². The Morgan fingerprint density at radius 3 is 2.25 bits per heavy atom. The fraction of sp³-hybridized carbons (Fsp3) is 0.167. The molecule has 0 aliphatic rings. The standard InChI is InChI=1S/C18H15N3O3/c1-22-11-4-5-12-13-6-10-7-16(23-2)17(24-3)9-14(10)19-18(13)21-20-15(12)8-11/h4-9H,1-3H3. The summed E-state index contributed by atoms with van der Waals surface area (Å²) in [5.74, 6) is 2.05. The molecule has 2 aromatic heterocycles. The molecule has 0 saturated heterocycles. The Bertz CT molecular complexity index is 1080. The van der Waals surface area contributed by atoms with Gasteiger partial charge in [0.1, 0.15) is 5.75 Å². The lowest BCUT2D eigenvalue weighted by atomic mass is 10.1. The summed E-state index contributed by atoms with van der Waals surface area (Å²) in [4.78, 5) is 4.61. The number of benzene rings is 2. The fourth-order valence-corrected chi connectivity index (χ4v) is 2.82. The van der Waals surface area contributed by atoms with Crippen LogP contribution in [0.3, 0.4) is 0 Å². The highest BCUT2D eigenvalue weighted by molar-refractivity contribution is 6.06. The van der Waals surface area contributed by atoms with Gasteiger partial charge in [-0.05, 0) is 24.3 Å². The van der Waals surface area contributed by atoms with Crippen LogP contribution in [0, 0.1) is 0 Å². The molecular formula is C18H15N3O3. The highest BCUT2D eigenvalue weighted by Gasteiger charge is 2.11. The minimum absolute atomic E-state index is 0.590. The second-order valence-corrected chi connectivity index (χ2v) is 5.34. The molecule has 0 fully saturated rings. The minimum atomic E-state index is 0.590. The van der Waals surface area contributed by atoms with Gasteiger partial charge in [0.05, 0.1) is 32.4 Å². The lowest BCUT2D eigenvalue weighted by Gasteiger charge is -2.10. The SMILES string of the molecule is COc1ccc2c(c1)nnc1nc3cc(OC)c(OC)cc3cc12. The van der Waals surface area contributed by atoms with Crippen LogP contribution in [0.15, 0.2) is 36.4 Å². The molecule has 2 aromatic carbocycles. The summed E-state index contributed by atoms with van der Waals surface area (Å²) < 4.78 is 16.0. The van der Waals surface area contributed by atoms with Crippen LogP contribution in [-0.2, 0) is 0 Å². The van der Waals surface area contributed by atoms with Gasteiger partial charge >= 0.3 is 0 Å². The number of hydrogen-bond donors (Lipinski definition) is 0. The number of hydrogen-bond acceptors (Lipinski definition) is 6. The predicted octanol–water partition coefficient (Wildman–Crippen LogP) is 3.36. The monoisotopic (exact) mass is 321 g/mol. The first-order valence-electron chi connectivity index (χ1n) is 7.40. The zero-order chi connectivity index (χ0) is 16.7. The van der Waals surface area contributed by atoms with E-state index in [1.165, 1.54) is 0 Å². The number of ether oxygens (including phenoxy) is 3. The number of pyridine rings is 1. The van der Waals surface area contributed by atoms with Crippen LogP contribution < -0.4 is 14.2 Å². The summed E-state index contributed by atoms with van der Waals surface area (Å²) in [7, 11) is 4.85. The molecule has 6 nitrogen and oxygen atoms in total. The van der Waals surface area contributed by atoms with Gasteiger partial charge in [0, 0.05) is 28.3 Å². The number of nitrogens with zero attached hydrogens (tertiary/aromatic N) is 3. The number of fused-ring (bicyclic) bond motifs is 4. The van der Waals surface area contributed by atoms with Gasteiger partial charge in [0.2, 0.25) is 0 Å². The lowest BCUT2D eigenvalue weighted by molar-refractivity contribution is 0.356. The maximum Gasteiger partial charge on any atom is 0.183 e. The molecule has 4 rings (SSSR count). The van der Waals surface area contributed by atoms with Crippen molar-refractivity contribution in [2.75, 3.05) is 21.3 Å². The Hall–Kier alpha value is -3.15. The van der Waals surface area contributed by atoms with Crippen LogP contribution in [0.5, 0.6) is 17.2 Å². The Morgan fingerprint density at radius 2 is 1.50 bits per heavy atom. The van der Waals surface area contributed by atoms with Crippen molar-refractivity contribution >= 4 is 32.8 Å². The van der Waals surface area contributed by atoms with E-state index in [4.69, 9.17) is 14.2 Å². The van der Waals surface area contributed by atoms with Crippen molar-refractivity contribution in [2.24, 2.45) is 0 Å². The molecule has 0 aliphatic carbocycles. The molecule has 0 radical (unpaired) electrons. The molecule has 4 aromatic rings. The van der Waals surface area contributed by atoms with Gasteiger partial charge in [-0.1, -0.05) is 0 Å². The van der Waals surface area contributed by atoms with Crippen LogP contribution in [0.2, 0.25) is 0 Å². The fourth-order valence-electron chi connectivity index (χ4n) is 2.82. The van der Waals surface area contributed by atoms with Crippen molar-refractivity contribution in [3.8, 4) is 17.2 Å². The van der Waals surface area contributed by atoms with Crippen LogP contribution in [-0.4, -0.2) is 36.5 Å². The van der Waals surface area contributed by atoms with Gasteiger partial charge in [-0.25, -0.2) is 4.98 Å². The first-order valence-corrected chi connectivity index (χ1v) is 7.40. The van der Waals surface area contributed by atoms with E-state index < -0.39 is 0 Å². The zero-order valence-electron chi connectivity index (χ0n) is 13.5. The van der Waals surface area contributed by atoms with Crippen molar-refractivity contribution in [1.82, 2.24) is 15.2 Å². The molecule has 0 aliphatic heterocycles. The molecule has 120 valence electrons. The second kappa shape index (κ2) is 5.49. The number of rotatable bonds is 3. The Balaban J connectivity index is 2.06. The highest BCUT2D eigenvalue weighted by Crippen LogP contribution is 2.34. The Morgan fingerprint density at radius 1 is 0.708 bits per heavy atom. The van der Waals surface area contributed by atoms with Gasteiger partial charge < -0.3 is 14.2 Å². The van der Waals surface area contributed by atoms with Gasteiger partial charge in [-0.2, -0.15) is 0 Å². The maximum atomic E-state index is 5.38. The van der Waals surface area contributed by atoms with E-state index in [0.717, 1.165) is 32.9 Å². The largest absolute Gasteiger partial charge is 0.497 e. The van der Waals surface area contributed by atoms with Gasteiger partial charge in [-0.15, -0.1) is 10.2 Å². The average Bonchev–Trinajstić information content (AvgIpc) is 2.64. The molecule has 24 heavy (non-hydrogen) atoms. The third kappa shape index (κ3) is 2.15. The van der Waals surface area contributed by atoms with E-state index in [2.05, 4.69) is 15.2 Å². The van der Waals surface area contributed by atoms with Crippen molar-refractivity contribution in [2.45, 2.75) is 0 Å². The third-order valence-corrected chi connectivity index (χ3v) is 4.05. The maximum absolute atomic E-state index is 5.38. The summed E-state index contributed by atoms with van der Waals surface area (Å²) in [5.41, 5.74) is 2.14. The molecule has 0 atom stereocenters. The molecule has 0 spiro atoms. The molecule has 0 unspecified atom stereocenters. The number of aromatic nitrogens is 3. The molecule has 2 heterocycles. The normalized spacial score (nSPS) is 11.1. The summed E-state index contributed by atoms with van der Waals surface area (Å²) in [6.45, 7) is 0. The molecule has 0 N–H and O–H groups in total. The number of methoxy groups -OCH3 is 3. The van der Waals surface area contributed by atoms with Crippen molar-refractivity contribution < 1.29 is 14.2 Å². The first-order chi connectivity index (χ1) is 11.7. The van der Waals surface area contributed by atoms with Gasteiger partial charge in [-0.3, -0.25) is 0 Å². The average molecular weight is 321 g/mol. The molecule has 0 amide bonds. The molecular weight excluding hydrogens is 306 g/mol. The van der Waals surface area contributed by atoms with Crippen LogP contribution in [0.25, 0.3) is 32.8 Å². The molecule has 6 heteroatoms. The molecule has 0 saturated carbocycles. The third-order valence-electron chi connectivity index (χ3n) is 4.05. The van der Waals surface area contributed by atoms with Gasteiger partial charge in [0.15, 0.2) is 17.1 Å². The van der Waals surface area contributed by atoms with Crippen LogP contribution in [0.1, 0.15) is 0 Å². The Labute approximate surface area is 138 Å². The quantitative estimate of drug-likeness (QED) is 0.426. The first kappa shape index (κ1) is 14.4. The second-order valence-electron chi connectivity index (χ2n) is 5.34. The van der Waals surface area contributed by atoms with Crippen molar-refractivity contribution in [1.29, 1.82) is 0 Å². The van der Waals surface area contributed by atoms with E-state index in [-0.39, 0.29) is 0 Å². The minimum Gasteiger partial charge on any atom is -0.497 e. The van der Waals surface area contributed by atoms with Crippen LogP contribution in [0.4, 0.5) is 0 Å². The van der Waals surface area contributed by atoms with Crippen molar-refractivity contribution in [3.05, 3.63) is 36.4 Å². The summed E-state index contributed by atoms with van der Waals surface area (Å²) in [6, 6.07) is 11.5.